The van der Waals surface area contributed by atoms with Crippen LogP contribution in [0, 0.1) is 0 Å². The summed E-state index contributed by atoms with van der Waals surface area (Å²) in [5.74, 6) is 0. The van der Waals surface area contributed by atoms with Crippen LogP contribution in [0.4, 0.5) is 0 Å². The molecule has 2 heteroatoms. The maximum Gasteiger partial charge on any atom is 0.0861 e. The van der Waals surface area contributed by atoms with Gasteiger partial charge in [0.25, 0.3) is 0 Å². The van der Waals surface area contributed by atoms with Gasteiger partial charge in [-0.05, 0) is 13.3 Å². The minimum atomic E-state index is 0.435. The summed E-state index contributed by atoms with van der Waals surface area (Å²) in [6.07, 6.45) is 2.80. The SMILES string of the molecule is C=CCONC(C)CC. The molecule has 0 aliphatic rings. The highest BCUT2D eigenvalue weighted by Gasteiger charge is 1.93. The molecular weight excluding hydrogens is 114 g/mol. The normalized spacial score (nSPS) is 13.1. The summed E-state index contributed by atoms with van der Waals surface area (Å²) in [5, 5.41) is 0. The molecule has 0 amide bonds. The fourth-order valence-corrected chi connectivity index (χ4v) is 0.333. The molecule has 1 atom stereocenters. The first-order valence-corrected chi connectivity index (χ1v) is 3.29. The lowest BCUT2D eigenvalue weighted by molar-refractivity contribution is 0.0386. The van der Waals surface area contributed by atoms with E-state index in [-0.39, 0.29) is 0 Å². The molecule has 0 fully saturated rings. The van der Waals surface area contributed by atoms with E-state index in [0.717, 1.165) is 6.42 Å². The van der Waals surface area contributed by atoms with Gasteiger partial charge in [-0.3, -0.25) is 4.84 Å². The quantitative estimate of drug-likeness (QED) is 0.345. The van der Waals surface area contributed by atoms with Crippen LogP contribution in [0.25, 0.3) is 0 Å². The Hall–Kier alpha value is -0.340. The van der Waals surface area contributed by atoms with E-state index in [9.17, 15) is 0 Å². The standard InChI is InChI=1S/C7H15NO/c1-4-6-9-8-7(3)5-2/h4,7-8H,1,5-6H2,2-3H3. The maximum absolute atomic E-state index is 4.97. The molecule has 0 aromatic heterocycles. The Morgan fingerprint density at radius 3 is 2.89 bits per heavy atom. The first kappa shape index (κ1) is 8.66. The molecule has 0 bridgehead atoms. The van der Waals surface area contributed by atoms with Crippen molar-refractivity contribution < 1.29 is 4.84 Å². The van der Waals surface area contributed by atoms with Crippen LogP contribution in [0.2, 0.25) is 0 Å². The van der Waals surface area contributed by atoms with Gasteiger partial charge in [0.1, 0.15) is 0 Å². The number of rotatable bonds is 5. The van der Waals surface area contributed by atoms with Gasteiger partial charge in [0.05, 0.1) is 6.61 Å². The average molecular weight is 129 g/mol. The van der Waals surface area contributed by atoms with Crippen LogP contribution in [-0.2, 0) is 4.84 Å². The lowest BCUT2D eigenvalue weighted by atomic mass is 10.3. The van der Waals surface area contributed by atoms with Gasteiger partial charge in [-0.1, -0.05) is 13.0 Å². The van der Waals surface area contributed by atoms with Gasteiger partial charge < -0.3 is 0 Å². The molecule has 0 aromatic carbocycles. The average Bonchev–Trinajstić information content (AvgIpc) is 1.89. The predicted molar refractivity (Wildman–Crippen MR) is 39.0 cm³/mol. The van der Waals surface area contributed by atoms with Gasteiger partial charge in [-0.2, -0.15) is 5.48 Å². The molecular formula is C7H15NO. The first-order chi connectivity index (χ1) is 4.31. The Labute approximate surface area is 56.9 Å². The van der Waals surface area contributed by atoms with Gasteiger partial charge in [0, 0.05) is 6.04 Å². The van der Waals surface area contributed by atoms with Crippen molar-refractivity contribution in [1.29, 1.82) is 0 Å². The highest BCUT2D eigenvalue weighted by atomic mass is 16.6. The Bertz CT molecular complexity index is 73.3. The molecule has 0 saturated heterocycles. The largest absolute Gasteiger partial charge is 0.297 e. The summed E-state index contributed by atoms with van der Waals surface area (Å²) in [6.45, 7) is 8.27. The van der Waals surface area contributed by atoms with Gasteiger partial charge >= 0.3 is 0 Å². The summed E-state index contributed by atoms with van der Waals surface area (Å²) in [5.41, 5.74) is 2.86. The van der Waals surface area contributed by atoms with E-state index in [0.29, 0.717) is 12.6 Å². The van der Waals surface area contributed by atoms with Crippen molar-refractivity contribution in [1.82, 2.24) is 5.48 Å². The van der Waals surface area contributed by atoms with E-state index in [1.807, 2.05) is 0 Å². The zero-order valence-corrected chi connectivity index (χ0v) is 6.18. The molecule has 2 nitrogen and oxygen atoms in total. The Morgan fingerprint density at radius 2 is 2.44 bits per heavy atom. The van der Waals surface area contributed by atoms with Crippen LogP contribution in [0.3, 0.4) is 0 Å². The van der Waals surface area contributed by atoms with Crippen molar-refractivity contribution in [2.45, 2.75) is 26.3 Å². The fraction of sp³-hybridized carbons (Fsp3) is 0.714. The van der Waals surface area contributed by atoms with Crippen LogP contribution in [0.1, 0.15) is 20.3 Å². The molecule has 1 N–H and O–H groups in total. The Kier molecular flexibility index (Phi) is 5.57. The molecule has 0 aliphatic heterocycles. The lowest BCUT2D eigenvalue weighted by Gasteiger charge is -2.08. The zero-order valence-electron chi connectivity index (χ0n) is 6.18. The van der Waals surface area contributed by atoms with E-state index in [1.54, 1.807) is 6.08 Å². The molecule has 0 heterocycles. The van der Waals surface area contributed by atoms with Crippen molar-refractivity contribution in [3.63, 3.8) is 0 Å². The van der Waals surface area contributed by atoms with Crippen molar-refractivity contribution in [3.05, 3.63) is 12.7 Å². The zero-order chi connectivity index (χ0) is 7.11. The molecule has 1 unspecified atom stereocenters. The topological polar surface area (TPSA) is 21.3 Å². The highest BCUT2D eigenvalue weighted by molar-refractivity contribution is 4.63. The second-order valence-corrected chi connectivity index (χ2v) is 2.03. The van der Waals surface area contributed by atoms with Gasteiger partial charge in [-0.15, -0.1) is 6.58 Å². The summed E-state index contributed by atoms with van der Waals surface area (Å²) in [6, 6.07) is 0.435. The third-order valence-corrected chi connectivity index (χ3v) is 1.10. The molecule has 0 aliphatic carbocycles. The molecule has 9 heavy (non-hydrogen) atoms. The van der Waals surface area contributed by atoms with Crippen LogP contribution in [0.15, 0.2) is 12.7 Å². The van der Waals surface area contributed by atoms with Gasteiger partial charge in [0.2, 0.25) is 0 Å². The third-order valence-electron chi connectivity index (χ3n) is 1.10. The summed E-state index contributed by atoms with van der Waals surface area (Å²) in [7, 11) is 0. The second kappa shape index (κ2) is 5.79. The molecule has 0 aromatic rings. The van der Waals surface area contributed by atoms with E-state index in [2.05, 4.69) is 25.9 Å². The van der Waals surface area contributed by atoms with Crippen LogP contribution in [0.5, 0.6) is 0 Å². The van der Waals surface area contributed by atoms with Crippen LogP contribution in [-0.4, -0.2) is 12.6 Å². The number of hydroxylamine groups is 1. The first-order valence-electron chi connectivity index (χ1n) is 3.29. The molecule has 0 radical (unpaired) electrons. The lowest BCUT2D eigenvalue weighted by Crippen LogP contribution is -2.25. The summed E-state index contributed by atoms with van der Waals surface area (Å²) in [4.78, 5) is 4.97. The van der Waals surface area contributed by atoms with Crippen LogP contribution >= 0.6 is 0 Å². The predicted octanol–water partition coefficient (Wildman–Crippen LogP) is 1.49. The van der Waals surface area contributed by atoms with Crippen molar-refractivity contribution in [2.24, 2.45) is 0 Å². The van der Waals surface area contributed by atoms with Crippen molar-refractivity contribution in [2.75, 3.05) is 6.61 Å². The van der Waals surface area contributed by atoms with Gasteiger partial charge in [0.15, 0.2) is 0 Å². The van der Waals surface area contributed by atoms with E-state index >= 15 is 0 Å². The summed E-state index contributed by atoms with van der Waals surface area (Å²) >= 11 is 0. The molecule has 0 spiro atoms. The Balaban J connectivity index is 2.96. The molecule has 0 rings (SSSR count). The van der Waals surface area contributed by atoms with E-state index in [4.69, 9.17) is 4.84 Å². The highest BCUT2D eigenvalue weighted by Crippen LogP contribution is 1.86. The smallest absolute Gasteiger partial charge is 0.0861 e. The maximum atomic E-state index is 4.97. The Morgan fingerprint density at radius 1 is 1.78 bits per heavy atom. The minimum Gasteiger partial charge on any atom is -0.297 e. The second-order valence-electron chi connectivity index (χ2n) is 2.03. The van der Waals surface area contributed by atoms with Crippen LogP contribution < -0.4 is 5.48 Å². The molecule has 0 saturated carbocycles. The van der Waals surface area contributed by atoms with E-state index in [1.165, 1.54) is 0 Å². The molecule has 54 valence electrons. The number of nitrogens with one attached hydrogen (secondary N) is 1. The van der Waals surface area contributed by atoms with Gasteiger partial charge in [-0.25, -0.2) is 0 Å². The van der Waals surface area contributed by atoms with E-state index < -0.39 is 0 Å². The fourth-order valence-electron chi connectivity index (χ4n) is 0.333. The van der Waals surface area contributed by atoms with Crippen molar-refractivity contribution >= 4 is 0 Å². The van der Waals surface area contributed by atoms with Crippen molar-refractivity contribution in [3.8, 4) is 0 Å². The number of hydrogen-bond acceptors (Lipinski definition) is 2. The monoisotopic (exact) mass is 129 g/mol. The number of hydrogen-bond donors (Lipinski definition) is 1. The third kappa shape index (κ3) is 5.53. The minimum absolute atomic E-state index is 0.435. The summed E-state index contributed by atoms with van der Waals surface area (Å²) < 4.78 is 0.